The molecule has 2 fully saturated rings. The Labute approximate surface area is 182 Å². The zero-order valence-electron chi connectivity index (χ0n) is 17.6. The second-order valence-electron chi connectivity index (χ2n) is 9.45. The van der Waals surface area contributed by atoms with Gasteiger partial charge in [-0.05, 0) is 70.7 Å². The number of rotatable bonds is 1. The van der Waals surface area contributed by atoms with Crippen molar-refractivity contribution >= 4 is 29.1 Å². The monoisotopic (exact) mass is 426 g/mol. The molecule has 1 amide bonds. The van der Waals surface area contributed by atoms with Crippen LogP contribution in [0.1, 0.15) is 46.5 Å². The van der Waals surface area contributed by atoms with E-state index in [1.807, 2.05) is 62.1 Å². The minimum atomic E-state index is -0.477. The van der Waals surface area contributed by atoms with Gasteiger partial charge in [0.15, 0.2) is 11.5 Å². The predicted molar refractivity (Wildman–Crippen MR) is 118 cm³/mol. The summed E-state index contributed by atoms with van der Waals surface area (Å²) < 4.78 is 11.9. The van der Waals surface area contributed by atoms with Gasteiger partial charge in [-0.1, -0.05) is 23.7 Å². The molecule has 30 heavy (non-hydrogen) atoms. The number of piperidine rings is 1. The maximum Gasteiger partial charge on any atom is 0.410 e. The molecule has 0 aliphatic carbocycles. The molecular weight excluding hydrogens is 400 g/mol. The summed E-state index contributed by atoms with van der Waals surface area (Å²) in [6.45, 7) is 5.77. The first-order valence-corrected chi connectivity index (χ1v) is 11.0. The summed E-state index contributed by atoms with van der Waals surface area (Å²) in [7, 11) is 0. The van der Waals surface area contributed by atoms with Crippen molar-refractivity contribution in [2.75, 3.05) is 4.90 Å². The van der Waals surface area contributed by atoms with Gasteiger partial charge in [-0.25, -0.2) is 4.79 Å². The van der Waals surface area contributed by atoms with Crippen LogP contribution in [0.15, 0.2) is 42.5 Å². The van der Waals surface area contributed by atoms with E-state index in [9.17, 15) is 4.79 Å². The number of fused-ring (bicyclic) bond motifs is 4. The number of anilines is 2. The van der Waals surface area contributed by atoms with Crippen molar-refractivity contribution in [1.29, 1.82) is 0 Å². The Kier molecular flexibility index (Phi) is 4.62. The number of halogens is 1. The minimum Gasteiger partial charge on any atom is -0.453 e. The van der Waals surface area contributed by atoms with Gasteiger partial charge in [-0.2, -0.15) is 0 Å². The highest BCUT2D eigenvalue weighted by molar-refractivity contribution is 6.30. The van der Waals surface area contributed by atoms with Crippen LogP contribution < -0.4 is 9.64 Å². The smallest absolute Gasteiger partial charge is 0.410 e. The number of carbonyl (C=O) groups is 1. The maximum atomic E-state index is 12.8. The van der Waals surface area contributed by atoms with Crippen LogP contribution in [0.4, 0.5) is 16.2 Å². The van der Waals surface area contributed by atoms with E-state index in [1.165, 1.54) is 0 Å². The van der Waals surface area contributed by atoms with Gasteiger partial charge in [-0.15, -0.1) is 0 Å². The SMILES string of the molecule is CC(C)(C)OC(=O)N1[C@@H]2CC[C@H]1C[C@H](N1c3ccccc3Oc3cc(Cl)ccc31)C2. The van der Waals surface area contributed by atoms with E-state index < -0.39 is 5.60 Å². The molecule has 3 aliphatic heterocycles. The molecule has 2 aromatic carbocycles. The van der Waals surface area contributed by atoms with Gasteiger partial charge in [0, 0.05) is 29.2 Å². The highest BCUT2D eigenvalue weighted by Crippen LogP contribution is 2.51. The molecule has 3 heterocycles. The Morgan fingerprint density at radius 1 is 1.00 bits per heavy atom. The Hall–Kier alpha value is -2.40. The zero-order chi connectivity index (χ0) is 21.0. The fourth-order valence-corrected chi connectivity index (χ4v) is 5.29. The quantitative estimate of drug-likeness (QED) is 0.521. The first kappa shape index (κ1) is 19.6. The largest absolute Gasteiger partial charge is 0.453 e. The molecule has 3 atom stereocenters. The molecule has 0 radical (unpaired) electrons. The van der Waals surface area contributed by atoms with Gasteiger partial charge in [0.25, 0.3) is 0 Å². The Morgan fingerprint density at radius 3 is 2.37 bits per heavy atom. The second kappa shape index (κ2) is 7.09. The number of benzene rings is 2. The summed E-state index contributed by atoms with van der Waals surface area (Å²) in [6, 6.07) is 14.7. The summed E-state index contributed by atoms with van der Waals surface area (Å²) in [5.41, 5.74) is 1.63. The highest BCUT2D eigenvalue weighted by Gasteiger charge is 2.47. The Bertz CT molecular complexity index is 973. The van der Waals surface area contributed by atoms with Crippen molar-refractivity contribution in [3.8, 4) is 11.5 Å². The average Bonchev–Trinajstić information content (AvgIpc) is 2.95. The van der Waals surface area contributed by atoms with Crippen LogP contribution in [0.2, 0.25) is 5.02 Å². The molecule has 0 saturated carbocycles. The average molecular weight is 427 g/mol. The fourth-order valence-electron chi connectivity index (χ4n) is 5.12. The lowest BCUT2D eigenvalue weighted by Crippen LogP contribution is -2.53. The molecule has 2 bridgehead atoms. The molecule has 2 aromatic rings. The fraction of sp³-hybridized carbons (Fsp3) is 0.458. The van der Waals surface area contributed by atoms with Crippen LogP contribution in [0.3, 0.4) is 0 Å². The van der Waals surface area contributed by atoms with Crippen molar-refractivity contribution in [2.24, 2.45) is 0 Å². The maximum absolute atomic E-state index is 12.8. The third-order valence-corrected chi connectivity index (χ3v) is 6.44. The molecule has 2 saturated heterocycles. The summed E-state index contributed by atoms with van der Waals surface area (Å²) >= 11 is 6.24. The molecule has 0 aromatic heterocycles. The van der Waals surface area contributed by atoms with Crippen LogP contribution in [0.5, 0.6) is 11.5 Å². The number of nitrogens with zero attached hydrogens (tertiary/aromatic N) is 2. The van der Waals surface area contributed by atoms with Crippen LogP contribution in [-0.2, 0) is 4.74 Å². The number of para-hydroxylation sites is 2. The van der Waals surface area contributed by atoms with Crippen molar-refractivity contribution in [3.05, 3.63) is 47.5 Å². The molecule has 3 aliphatic rings. The molecule has 0 N–H and O–H groups in total. The van der Waals surface area contributed by atoms with E-state index >= 15 is 0 Å². The van der Waals surface area contributed by atoms with E-state index in [0.29, 0.717) is 5.02 Å². The van der Waals surface area contributed by atoms with E-state index in [4.69, 9.17) is 21.1 Å². The molecular formula is C24H27ClN2O3. The second-order valence-corrected chi connectivity index (χ2v) is 9.89. The van der Waals surface area contributed by atoms with Crippen LogP contribution in [0.25, 0.3) is 0 Å². The van der Waals surface area contributed by atoms with Gasteiger partial charge in [0.1, 0.15) is 5.60 Å². The van der Waals surface area contributed by atoms with Crippen molar-refractivity contribution in [1.82, 2.24) is 4.90 Å². The Morgan fingerprint density at radius 2 is 1.67 bits per heavy atom. The van der Waals surface area contributed by atoms with E-state index in [0.717, 1.165) is 48.6 Å². The molecule has 6 heteroatoms. The normalized spacial score (nSPS) is 24.7. The number of ether oxygens (including phenoxy) is 2. The molecule has 0 unspecified atom stereocenters. The summed E-state index contributed by atoms with van der Waals surface area (Å²) in [5, 5.41) is 0.660. The number of carbonyl (C=O) groups excluding carboxylic acids is 1. The minimum absolute atomic E-state index is 0.178. The van der Waals surface area contributed by atoms with Crippen LogP contribution in [0, 0.1) is 0 Å². The summed E-state index contributed by atoms with van der Waals surface area (Å²) in [5.74, 6) is 1.62. The molecule has 5 nitrogen and oxygen atoms in total. The third-order valence-electron chi connectivity index (χ3n) is 6.20. The van der Waals surface area contributed by atoms with Gasteiger partial charge < -0.3 is 19.3 Å². The van der Waals surface area contributed by atoms with Crippen molar-refractivity contribution in [3.63, 3.8) is 0 Å². The molecule has 5 rings (SSSR count). The predicted octanol–water partition coefficient (Wildman–Crippen LogP) is 6.51. The van der Waals surface area contributed by atoms with Crippen LogP contribution in [-0.4, -0.2) is 34.7 Å². The lowest BCUT2D eigenvalue weighted by atomic mass is 9.94. The number of hydrogen-bond donors (Lipinski definition) is 0. The third kappa shape index (κ3) is 3.39. The van der Waals surface area contributed by atoms with Gasteiger partial charge in [0.2, 0.25) is 0 Å². The Balaban J connectivity index is 1.46. The number of hydrogen-bond acceptors (Lipinski definition) is 4. The lowest BCUT2D eigenvalue weighted by molar-refractivity contribution is 0.00613. The lowest BCUT2D eigenvalue weighted by Gasteiger charge is -2.45. The number of amides is 1. The van der Waals surface area contributed by atoms with E-state index in [-0.39, 0.29) is 24.2 Å². The van der Waals surface area contributed by atoms with Gasteiger partial charge in [0.05, 0.1) is 11.4 Å². The summed E-state index contributed by atoms with van der Waals surface area (Å²) in [6.07, 6.45) is 3.70. The molecule has 158 valence electrons. The summed E-state index contributed by atoms with van der Waals surface area (Å²) in [4.78, 5) is 17.2. The van der Waals surface area contributed by atoms with Crippen molar-refractivity contribution in [2.45, 2.75) is 70.2 Å². The topological polar surface area (TPSA) is 42.0 Å². The zero-order valence-corrected chi connectivity index (χ0v) is 18.4. The van der Waals surface area contributed by atoms with Crippen molar-refractivity contribution < 1.29 is 14.3 Å². The van der Waals surface area contributed by atoms with Gasteiger partial charge in [-0.3, -0.25) is 0 Å². The van der Waals surface area contributed by atoms with Gasteiger partial charge >= 0.3 is 6.09 Å². The first-order valence-electron chi connectivity index (χ1n) is 10.7. The highest BCUT2D eigenvalue weighted by atomic mass is 35.5. The standard InChI is InChI=1S/C24H27ClN2O3/c1-24(2,3)30-23(28)26-16-9-10-17(26)14-18(13-16)27-19-6-4-5-7-21(19)29-22-12-15(25)8-11-20(22)27/h4-8,11-12,16-18H,9-10,13-14H2,1-3H3/t16-,17+,18-. The van der Waals surface area contributed by atoms with E-state index in [1.54, 1.807) is 0 Å². The first-order chi connectivity index (χ1) is 14.3. The molecule has 0 spiro atoms. The van der Waals surface area contributed by atoms with Crippen LogP contribution >= 0.6 is 11.6 Å². The van der Waals surface area contributed by atoms with E-state index in [2.05, 4.69) is 11.0 Å².